The van der Waals surface area contributed by atoms with Crippen LogP contribution < -0.4 is 59.1 Å². The minimum Gasteiger partial charge on any atom is -0.716 e. The third kappa shape index (κ3) is 10.4. The Morgan fingerprint density at radius 3 is 1.27 bits per heavy atom. The van der Waals surface area contributed by atoms with Crippen LogP contribution in [0.4, 0.5) is 0 Å². The average Bonchev–Trinajstić information content (AvgIpc) is 3.64. The van der Waals surface area contributed by atoms with Gasteiger partial charge in [-0.05, 0) is 160 Å². The van der Waals surface area contributed by atoms with E-state index in [1.807, 2.05) is 0 Å². The third-order valence-electron chi connectivity index (χ3n) is 6.87. The first kappa shape index (κ1) is 43.1. The second kappa shape index (κ2) is 17.0. The van der Waals surface area contributed by atoms with Gasteiger partial charge in [-0.2, -0.15) is 0 Å². The van der Waals surface area contributed by atoms with Crippen LogP contribution >= 0.6 is 63.7 Å². The summed E-state index contributed by atoms with van der Waals surface area (Å²) in [5.74, 6) is -0.984. The van der Waals surface area contributed by atoms with Crippen molar-refractivity contribution in [2.45, 2.75) is 0 Å². The molecule has 2 aromatic heterocycles. The number of furan rings is 2. The van der Waals surface area contributed by atoms with E-state index >= 15 is 0 Å². The monoisotopic (exact) mass is 1020 g/mol. The molecule has 0 unspecified atom stereocenters. The second-order valence-electron chi connectivity index (χ2n) is 10.4. The van der Waals surface area contributed by atoms with Crippen molar-refractivity contribution in [3.8, 4) is 34.1 Å². The molecule has 12 nitrogen and oxygen atoms in total. The van der Waals surface area contributed by atoms with Gasteiger partial charge >= 0.3 is 59.1 Å². The smallest absolute Gasteiger partial charge is 0.716 e. The summed E-state index contributed by atoms with van der Waals surface area (Å²) in [6.45, 7) is 0. The molecule has 0 bridgehead atoms. The predicted molar refractivity (Wildman–Crippen MR) is 195 cm³/mol. The van der Waals surface area contributed by atoms with Crippen LogP contribution in [0.15, 0.2) is 111 Å². The summed E-state index contributed by atoms with van der Waals surface area (Å²) in [5, 5.41) is 20.7. The molecule has 0 amide bonds. The molecule has 0 spiro atoms. The quantitative estimate of drug-likeness (QED) is 0.0706. The first-order valence-corrected chi connectivity index (χ1v) is 19.4. The second-order valence-corrected chi connectivity index (χ2v) is 15.8. The first-order valence-electron chi connectivity index (χ1n) is 13.6. The van der Waals surface area contributed by atoms with Crippen LogP contribution in [-0.4, -0.2) is 36.2 Å². The first-order chi connectivity index (χ1) is 23.4. The van der Waals surface area contributed by atoms with E-state index in [9.17, 15) is 36.2 Å². The molecule has 6 aromatic rings. The molecular formula is C32H16Br4Na2O12S2. The van der Waals surface area contributed by atoms with Crippen molar-refractivity contribution >= 4 is 119 Å². The number of hydrogen-bond donors (Lipinski definition) is 2. The van der Waals surface area contributed by atoms with Crippen molar-refractivity contribution in [3.05, 3.63) is 113 Å². The number of hydrogen-bond acceptors (Lipinski definition) is 12. The zero-order valence-corrected chi connectivity index (χ0v) is 38.4. The zero-order valence-electron chi connectivity index (χ0n) is 26.4. The average molecular weight is 1020 g/mol. The van der Waals surface area contributed by atoms with E-state index in [0.717, 1.165) is 12.2 Å². The molecule has 52 heavy (non-hydrogen) atoms. The van der Waals surface area contributed by atoms with E-state index in [1.165, 1.54) is 36.4 Å². The molecule has 6 rings (SSSR count). The maximum absolute atomic E-state index is 11.8. The fourth-order valence-corrected chi connectivity index (χ4v) is 7.44. The van der Waals surface area contributed by atoms with Gasteiger partial charge in [-0.25, -0.2) is 16.8 Å². The van der Waals surface area contributed by atoms with Crippen LogP contribution in [0.25, 0.3) is 56.7 Å². The van der Waals surface area contributed by atoms with Crippen LogP contribution in [0.5, 0.6) is 11.5 Å². The maximum Gasteiger partial charge on any atom is 1.00 e. The summed E-state index contributed by atoms with van der Waals surface area (Å²) < 4.78 is 93.9. The fraction of sp³-hybridized carbons (Fsp3) is 0. The Kier molecular flexibility index (Phi) is 14.1. The summed E-state index contributed by atoms with van der Waals surface area (Å²) in [6, 6.07) is 18.7. The van der Waals surface area contributed by atoms with Crippen molar-refractivity contribution in [2.24, 2.45) is 0 Å². The fourth-order valence-electron chi connectivity index (χ4n) is 4.83. The Bertz CT molecular complexity index is 2460. The molecule has 2 N–H and O–H groups in total. The topological polar surface area (TPSA) is 200 Å². The van der Waals surface area contributed by atoms with Gasteiger partial charge < -0.3 is 36.5 Å². The van der Waals surface area contributed by atoms with Gasteiger partial charge in [-0.3, -0.25) is 0 Å². The van der Waals surface area contributed by atoms with Crippen LogP contribution in [0.3, 0.4) is 0 Å². The number of aromatic hydroxyl groups is 2. The normalized spacial score (nSPS) is 12.4. The van der Waals surface area contributed by atoms with Crippen molar-refractivity contribution in [3.63, 3.8) is 0 Å². The summed E-state index contributed by atoms with van der Waals surface area (Å²) in [4.78, 5) is 0. The largest absolute Gasteiger partial charge is 1.00 e. The van der Waals surface area contributed by atoms with Gasteiger partial charge in [0.15, 0.2) is 11.5 Å². The van der Waals surface area contributed by atoms with E-state index < -0.39 is 32.3 Å². The van der Waals surface area contributed by atoms with Crippen molar-refractivity contribution in [2.75, 3.05) is 0 Å². The molecule has 0 fully saturated rings. The van der Waals surface area contributed by atoms with Gasteiger partial charge in [0.1, 0.15) is 34.2 Å². The Hall–Kier alpha value is -1.62. The van der Waals surface area contributed by atoms with Gasteiger partial charge in [0.25, 0.3) is 20.8 Å². The van der Waals surface area contributed by atoms with Crippen LogP contribution in [0.1, 0.15) is 11.1 Å². The standard InChI is InChI=1S/C32H18Br4O12S2.2Na/c33-21-11-17(1-3-25(21)37)27-13-19-5-15(7-23(35)31(19)45-27)9-29(47-49(39,40)41)30(48-50(42,43)44)10-16-6-20-14-28(46-32(20)24(36)8-16)18-2-4-26(38)22(34)12-18;;/h1-14,37-38H,(H,39,40,41)(H,42,43,44);;/q;2*+1/p-2/b29-9-,30-10-;;. The molecule has 20 heteroatoms. The Balaban J connectivity index is 0.00000302. The predicted octanol–water partition coefficient (Wildman–Crippen LogP) is 3.32. The van der Waals surface area contributed by atoms with Gasteiger partial charge in [-0.1, -0.05) is 0 Å². The molecule has 0 aliphatic carbocycles. The minimum absolute atomic E-state index is 0. The molecule has 0 aliphatic rings. The number of fused-ring (bicyclic) bond motifs is 2. The Morgan fingerprint density at radius 2 is 0.942 bits per heavy atom. The molecule has 0 radical (unpaired) electrons. The molecule has 4 aromatic carbocycles. The number of phenols is 2. The molecule has 258 valence electrons. The zero-order chi connectivity index (χ0) is 36.1. The van der Waals surface area contributed by atoms with E-state index in [1.54, 1.807) is 36.4 Å². The molecule has 2 heterocycles. The third-order valence-corrected chi connectivity index (χ3v) is 10.1. The van der Waals surface area contributed by atoms with Crippen molar-refractivity contribution in [1.29, 1.82) is 0 Å². The SMILES string of the molecule is O=S(=O)([O-])OC(=C\c1cc(Br)c2oc(-c3ccc(O)c(Br)c3)cc2c1)/C(=C/c1cc(Br)c2oc(-c3ccc(O)c(Br)c3)cc2c1)OS(=O)(=O)[O-].[Na+].[Na+]. The molecule has 0 aliphatic heterocycles. The van der Waals surface area contributed by atoms with Gasteiger partial charge in [0.05, 0.1) is 17.9 Å². The number of halogens is 4. The molecule has 0 saturated heterocycles. The van der Waals surface area contributed by atoms with Crippen LogP contribution in [-0.2, 0) is 29.2 Å². The van der Waals surface area contributed by atoms with E-state index in [0.29, 0.717) is 62.5 Å². The van der Waals surface area contributed by atoms with Gasteiger partial charge in [0.2, 0.25) is 0 Å². The maximum atomic E-state index is 11.8. The summed E-state index contributed by atoms with van der Waals surface area (Å²) >= 11 is 13.3. The van der Waals surface area contributed by atoms with E-state index in [4.69, 9.17) is 8.83 Å². The Morgan fingerprint density at radius 1 is 0.577 bits per heavy atom. The number of rotatable bonds is 9. The summed E-state index contributed by atoms with van der Waals surface area (Å²) in [7, 11) is -11.1. The molecular weight excluding hydrogens is 1010 g/mol. The number of benzene rings is 4. The van der Waals surface area contributed by atoms with Gasteiger partial charge in [-0.15, -0.1) is 0 Å². The Labute approximate surface area is 373 Å². The summed E-state index contributed by atoms with van der Waals surface area (Å²) in [5.41, 5.74) is 2.34. The molecule has 0 saturated carbocycles. The van der Waals surface area contributed by atoms with Crippen LogP contribution in [0, 0.1) is 0 Å². The summed E-state index contributed by atoms with van der Waals surface area (Å²) in [6.07, 6.45) is 1.99. The molecule has 0 atom stereocenters. The number of phenolic OH excluding ortho intramolecular Hbond substituents is 2. The van der Waals surface area contributed by atoms with E-state index in [2.05, 4.69) is 72.1 Å². The minimum atomic E-state index is -5.54. The van der Waals surface area contributed by atoms with Gasteiger partial charge in [0, 0.05) is 21.9 Å². The van der Waals surface area contributed by atoms with Crippen molar-refractivity contribution < 1.29 is 112 Å². The van der Waals surface area contributed by atoms with E-state index in [-0.39, 0.29) is 81.7 Å². The van der Waals surface area contributed by atoms with Crippen molar-refractivity contribution in [1.82, 2.24) is 0 Å². The van der Waals surface area contributed by atoms with Crippen LogP contribution in [0.2, 0.25) is 0 Å².